The molecule has 0 radical (unpaired) electrons. The van der Waals surface area contributed by atoms with Crippen LogP contribution in [0.1, 0.15) is 0 Å². The maximum atomic E-state index is 11.8. The van der Waals surface area contributed by atoms with E-state index in [-0.39, 0.29) is 5.91 Å². The second-order valence-corrected chi connectivity index (χ2v) is 4.74. The van der Waals surface area contributed by atoms with Crippen LogP contribution in [0.25, 0.3) is 11.5 Å². The van der Waals surface area contributed by atoms with E-state index in [4.69, 9.17) is 0 Å². The van der Waals surface area contributed by atoms with Gasteiger partial charge in [0.2, 0.25) is 5.91 Å². The number of rotatable bonds is 6. The van der Waals surface area contributed by atoms with Crippen LogP contribution in [0, 0.1) is 0 Å². The summed E-state index contributed by atoms with van der Waals surface area (Å²) >= 11 is 0. The van der Waals surface area contributed by atoms with Crippen molar-refractivity contribution >= 4 is 5.91 Å². The van der Waals surface area contributed by atoms with E-state index < -0.39 is 0 Å². The molecule has 0 atom stereocenters. The molecule has 1 N–H and O–H groups in total. The molecule has 0 saturated heterocycles. The fourth-order valence-electron chi connectivity index (χ4n) is 2.15. The van der Waals surface area contributed by atoms with Crippen molar-refractivity contribution in [1.82, 2.24) is 29.4 Å². The Labute approximate surface area is 127 Å². The van der Waals surface area contributed by atoms with Crippen LogP contribution in [0.3, 0.4) is 0 Å². The Morgan fingerprint density at radius 1 is 1.09 bits per heavy atom. The molecule has 0 aliphatic rings. The van der Waals surface area contributed by atoms with Crippen molar-refractivity contribution in [2.24, 2.45) is 0 Å². The molecule has 0 saturated carbocycles. The molecule has 1 amide bonds. The summed E-state index contributed by atoms with van der Waals surface area (Å²) in [6.45, 7) is 1.49. The molecule has 3 aromatic rings. The van der Waals surface area contributed by atoms with Crippen molar-refractivity contribution in [3.8, 4) is 11.5 Å². The maximum absolute atomic E-state index is 11.8. The molecule has 7 nitrogen and oxygen atoms in total. The summed E-state index contributed by atoms with van der Waals surface area (Å²) in [5.74, 6) is 0.727. The highest BCUT2D eigenvalue weighted by Gasteiger charge is 2.07. The minimum absolute atomic E-state index is 0.0163. The standard InChI is InChI=1S/C15H16N6O/c22-14(12-20-7-1-2-8-20)18-5-9-21-10-6-19-15(21)13-11-16-3-4-17-13/h1-4,6-8,10-11H,5,9,12H2,(H,18,22). The second kappa shape index (κ2) is 6.66. The summed E-state index contributed by atoms with van der Waals surface area (Å²) in [7, 11) is 0. The summed E-state index contributed by atoms with van der Waals surface area (Å²) in [5, 5.41) is 2.89. The molecular weight excluding hydrogens is 280 g/mol. The molecule has 3 aromatic heterocycles. The summed E-state index contributed by atoms with van der Waals surface area (Å²) in [4.78, 5) is 24.4. The van der Waals surface area contributed by atoms with E-state index in [1.54, 1.807) is 24.8 Å². The summed E-state index contributed by atoms with van der Waals surface area (Å²) in [5.41, 5.74) is 0.714. The fraction of sp³-hybridized carbons (Fsp3) is 0.200. The lowest BCUT2D eigenvalue weighted by molar-refractivity contribution is -0.121. The van der Waals surface area contributed by atoms with Crippen molar-refractivity contribution < 1.29 is 4.79 Å². The molecule has 0 aromatic carbocycles. The van der Waals surface area contributed by atoms with Crippen LogP contribution in [0.15, 0.2) is 55.5 Å². The molecule has 0 unspecified atom stereocenters. The lowest BCUT2D eigenvalue weighted by atomic mass is 10.4. The first-order valence-corrected chi connectivity index (χ1v) is 6.98. The number of imidazole rings is 1. The van der Waals surface area contributed by atoms with E-state index in [1.807, 2.05) is 39.9 Å². The Morgan fingerprint density at radius 3 is 2.73 bits per heavy atom. The minimum atomic E-state index is -0.0163. The summed E-state index contributed by atoms with van der Waals surface area (Å²) in [6, 6.07) is 3.79. The highest BCUT2D eigenvalue weighted by atomic mass is 16.1. The average molecular weight is 296 g/mol. The van der Waals surface area contributed by atoms with Crippen LogP contribution in [0.5, 0.6) is 0 Å². The fourth-order valence-corrected chi connectivity index (χ4v) is 2.15. The Kier molecular flexibility index (Phi) is 4.24. The van der Waals surface area contributed by atoms with E-state index in [0.29, 0.717) is 25.3 Å². The first-order chi connectivity index (χ1) is 10.8. The molecule has 22 heavy (non-hydrogen) atoms. The van der Waals surface area contributed by atoms with E-state index in [1.165, 1.54) is 0 Å². The maximum Gasteiger partial charge on any atom is 0.239 e. The van der Waals surface area contributed by atoms with Gasteiger partial charge in [0.15, 0.2) is 5.82 Å². The molecule has 7 heteroatoms. The second-order valence-electron chi connectivity index (χ2n) is 4.74. The topological polar surface area (TPSA) is 77.6 Å². The molecule has 0 aliphatic heterocycles. The molecule has 0 spiro atoms. The van der Waals surface area contributed by atoms with Crippen LogP contribution in [-0.2, 0) is 17.9 Å². The van der Waals surface area contributed by atoms with Gasteiger partial charge in [-0.15, -0.1) is 0 Å². The quantitative estimate of drug-likeness (QED) is 0.735. The zero-order valence-corrected chi connectivity index (χ0v) is 12.0. The van der Waals surface area contributed by atoms with Gasteiger partial charge in [0, 0.05) is 50.3 Å². The predicted molar refractivity (Wildman–Crippen MR) is 80.7 cm³/mol. The smallest absolute Gasteiger partial charge is 0.239 e. The largest absolute Gasteiger partial charge is 0.353 e. The van der Waals surface area contributed by atoms with Crippen molar-refractivity contribution in [2.75, 3.05) is 6.54 Å². The number of amides is 1. The van der Waals surface area contributed by atoms with Crippen molar-refractivity contribution in [2.45, 2.75) is 13.1 Å². The number of nitrogens with one attached hydrogen (secondary N) is 1. The third-order valence-corrected chi connectivity index (χ3v) is 3.18. The Balaban J connectivity index is 1.54. The minimum Gasteiger partial charge on any atom is -0.353 e. The number of hydrogen-bond donors (Lipinski definition) is 1. The predicted octanol–water partition coefficient (Wildman–Crippen LogP) is 0.958. The molecule has 0 bridgehead atoms. The Morgan fingerprint density at radius 2 is 1.95 bits per heavy atom. The molecule has 112 valence electrons. The van der Waals surface area contributed by atoms with Gasteiger partial charge in [0.1, 0.15) is 12.2 Å². The van der Waals surface area contributed by atoms with Gasteiger partial charge >= 0.3 is 0 Å². The number of hydrogen-bond acceptors (Lipinski definition) is 4. The highest BCUT2D eigenvalue weighted by Crippen LogP contribution is 2.12. The van der Waals surface area contributed by atoms with Gasteiger partial charge in [-0.25, -0.2) is 9.97 Å². The van der Waals surface area contributed by atoms with Crippen LogP contribution >= 0.6 is 0 Å². The number of carbonyl (C=O) groups excluding carboxylic acids is 1. The normalized spacial score (nSPS) is 10.5. The van der Waals surface area contributed by atoms with Gasteiger partial charge in [0.05, 0.1) is 6.20 Å². The van der Waals surface area contributed by atoms with Crippen molar-refractivity contribution in [1.29, 1.82) is 0 Å². The van der Waals surface area contributed by atoms with Crippen LogP contribution in [-0.4, -0.2) is 36.5 Å². The third kappa shape index (κ3) is 3.38. The third-order valence-electron chi connectivity index (χ3n) is 3.18. The molecule has 3 rings (SSSR count). The zero-order valence-electron chi connectivity index (χ0n) is 12.0. The Hall–Kier alpha value is -2.96. The average Bonchev–Trinajstić information content (AvgIpc) is 3.20. The molecule has 0 fully saturated rings. The molecule has 3 heterocycles. The monoisotopic (exact) mass is 296 g/mol. The van der Waals surface area contributed by atoms with Crippen molar-refractivity contribution in [3.05, 3.63) is 55.5 Å². The first-order valence-electron chi connectivity index (χ1n) is 6.98. The number of carbonyl (C=O) groups is 1. The van der Waals surface area contributed by atoms with Gasteiger partial charge in [0.25, 0.3) is 0 Å². The Bertz CT molecular complexity index is 720. The van der Waals surface area contributed by atoms with Crippen molar-refractivity contribution in [3.63, 3.8) is 0 Å². The first kappa shape index (κ1) is 14.0. The molecular formula is C15H16N6O. The van der Waals surface area contributed by atoms with Crippen LogP contribution < -0.4 is 5.32 Å². The van der Waals surface area contributed by atoms with Crippen LogP contribution in [0.4, 0.5) is 0 Å². The number of nitrogens with zero attached hydrogens (tertiary/aromatic N) is 5. The van der Waals surface area contributed by atoms with E-state index in [2.05, 4.69) is 20.3 Å². The lowest BCUT2D eigenvalue weighted by Crippen LogP contribution is -2.30. The molecule has 0 aliphatic carbocycles. The highest BCUT2D eigenvalue weighted by molar-refractivity contribution is 5.75. The summed E-state index contributed by atoms with van der Waals surface area (Å²) < 4.78 is 3.78. The zero-order chi connectivity index (χ0) is 15.2. The van der Waals surface area contributed by atoms with Gasteiger partial charge in [-0.3, -0.25) is 9.78 Å². The van der Waals surface area contributed by atoms with Gasteiger partial charge in [-0.2, -0.15) is 0 Å². The summed E-state index contributed by atoms with van der Waals surface area (Å²) in [6.07, 6.45) is 12.2. The SMILES string of the molecule is O=C(Cn1cccc1)NCCn1ccnc1-c1cnccn1. The van der Waals surface area contributed by atoms with E-state index in [0.717, 1.165) is 5.82 Å². The van der Waals surface area contributed by atoms with E-state index >= 15 is 0 Å². The van der Waals surface area contributed by atoms with Gasteiger partial charge < -0.3 is 14.5 Å². The number of aromatic nitrogens is 5. The van der Waals surface area contributed by atoms with Gasteiger partial charge in [-0.05, 0) is 12.1 Å². The lowest BCUT2D eigenvalue weighted by Gasteiger charge is -2.09. The van der Waals surface area contributed by atoms with Gasteiger partial charge in [-0.1, -0.05) is 0 Å². The van der Waals surface area contributed by atoms with E-state index in [9.17, 15) is 4.79 Å². The van der Waals surface area contributed by atoms with Crippen LogP contribution in [0.2, 0.25) is 0 Å².